The Morgan fingerprint density at radius 2 is 1.50 bits per heavy atom. The highest BCUT2D eigenvalue weighted by Gasteiger charge is 2.22. The Hall–Kier alpha value is -2.30. The van der Waals surface area contributed by atoms with Gasteiger partial charge >= 0.3 is 0 Å². The lowest BCUT2D eigenvalue weighted by Gasteiger charge is -2.18. The first-order chi connectivity index (χ1) is 12.4. The molecule has 0 heterocycles. The largest absolute Gasteiger partial charge is 0.389 e. The van der Waals surface area contributed by atoms with E-state index in [-0.39, 0.29) is 18.0 Å². The Labute approximate surface area is 155 Å². The molecule has 1 atom stereocenters. The zero-order valence-corrected chi connectivity index (χ0v) is 15.7. The van der Waals surface area contributed by atoms with E-state index < -0.39 is 12.5 Å². The molecule has 0 aliphatic carbocycles. The number of nitrogens with zero attached hydrogens (tertiary/aromatic N) is 1. The quantitative estimate of drug-likeness (QED) is 0.703. The number of aliphatic hydroxyl groups excluding tert-OH is 1. The van der Waals surface area contributed by atoms with Crippen molar-refractivity contribution in [1.82, 2.24) is 4.90 Å². The van der Waals surface area contributed by atoms with Crippen molar-refractivity contribution in [2.75, 3.05) is 27.2 Å². The molecule has 0 amide bonds. The Morgan fingerprint density at radius 1 is 0.962 bits per heavy atom. The van der Waals surface area contributed by atoms with Crippen LogP contribution in [0, 0.1) is 5.92 Å². The molecule has 0 radical (unpaired) electrons. The van der Waals surface area contributed by atoms with Gasteiger partial charge in [-0.3, -0.25) is 9.59 Å². The van der Waals surface area contributed by atoms with Crippen LogP contribution in [-0.4, -0.2) is 48.8 Å². The monoisotopic (exact) mass is 353 g/mol. The van der Waals surface area contributed by atoms with E-state index >= 15 is 0 Å². The van der Waals surface area contributed by atoms with E-state index in [1.54, 1.807) is 0 Å². The summed E-state index contributed by atoms with van der Waals surface area (Å²) in [6.07, 6.45) is 1.12. The maximum Gasteiger partial charge on any atom is 0.163 e. The number of carbonyl (C=O) groups excluding carboxylic acids is 2. The van der Waals surface area contributed by atoms with Crippen molar-refractivity contribution in [3.05, 3.63) is 59.7 Å². The number of rotatable bonds is 9. The summed E-state index contributed by atoms with van der Waals surface area (Å²) in [6, 6.07) is 15.9. The Kier molecular flexibility index (Phi) is 7.25. The van der Waals surface area contributed by atoms with E-state index in [1.807, 2.05) is 43.3 Å². The number of aliphatic hydroxyl groups is 1. The van der Waals surface area contributed by atoms with Gasteiger partial charge in [0.05, 0.1) is 0 Å². The second-order valence-corrected chi connectivity index (χ2v) is 6.84. The van der Waals surface area contributed by atoms with Crippen LogP contribution in [0.15, 0.2) is 48.5 Å². The van der Waals surface area contributed by atoms with Crippen LogP contribution in [-0.2, 0) is 11.2 Å². The van der Waals surface area contributed by atoms with Crippen molar-refractivity contribution >= 4 is 11.6 Å². The molecule has 0 saturated heterocycles. The van der Waals surface area contributed by atoms with Crippen molar-refractivity contribution in [2.45, 2.75) is 19.8 Å². The summed E-state index contributed by atoms with van der Waals surface area (Å²) < 4.78 is 0. The summed E-state index contributed by atoms with van der Waals surface area (Å²) >= 11 is 0. The van der Waals surface area contributed by atoms with E-state index in [0.717, 1.165) is 17.5 Å². The van der Waals surface area contributed by atoms with Gasteiger partial charge in [0.2, 0.25) is 0 Å². The SMILES string of the molecule is CCc1ccc(-c2ccc(C(=O)C[C@@H](CN(C)C)C(=O)CO)cc2)cc1. The van der Waals surface area contributed by atoms with Crippen molar-refractivity contribution in [3.8, 4) is 11.1 Å². The number of Topliss-reactive ketones (excluding diaryl/α,β-unsaturated/α-hetero) is 2. The second-order valence-electron chi connectivity index (χ2n) is 6.84. The molecule has 0 bridgehead atoms. The van der Waals surface area contributed by atoms with Gasteiger partial charge in [-0.2, -0.15) is 0 Å². The number of carbonyl (C=O) groups is 2. The molecule has 0 fully saturated rings. The summed E-state index contributed by atoms with van der Waals surface area (Å²) in [4.78, 5) is 26.3. The second kappa shape index (κ2) is 9.41. The Balaban J connectivity index is 2.10. The molecule has 0 aliphatic rings. The van der Waals surface area contributed by atoms with E-state index in [9.17, 15) is 9.59 Å². The topological polar surface area (TPSA) is 57.6 Å². The first-order valence-electron chi connectivity index (χ1n) is 8.95. The molecule has 0 saturated carbocycles. The molecule has 2 aromatic carbocycles. The summed E-state index contributed by atoms with van der Waals surface area (Å²) in [5.41, 5.74) is 4.05. The normalized spacial score (nSPS) is 12.2. The zero-order chi connectivity index (χ0) is 19.1. The van der Waals surface area contributed by atoms with E-state index in [4.69, 9.17) is 5.11 Å². The van der Waals surface area contributed by atoms with Gasteiger partial charge in [0, 0.05) is 24.4 Å². The highest BCUT2D eigenvalue weighted by Crippen LogP contribution is 2.22. The third kappa shape index (κ3) is 5.35. The van der Waals surface area contributed by atoms with Gasteiger partial charge in [-0.1, -0.05) is 55.5 Å². The summed E-state index contributed by atoms with van der Waals surface area (Å²) in [7, 11) is 3.70. The lowest BCUT2D eigenvalue weighted by molar-refractivity contribution is -0.126. The van der Waals surface area contributed by atoms with Crippen molar-refractivity contribution < 1.29 is 14.7 Å². The number of aryl methyl sites for hydroxylation is 1. The van der Waals surface area contributed by atoms with Crippen molar-refractivity contribution in [3.63, 3.8) is 0 Å². The van der Waals surface area contributed by atoms with Gasteiger partial charge in [0.15, 0.2) is 11.6 Å². The Bertz CT molecular complexity index is 733. The molecular formula is C22H27NO3. The van der Waals surface area contributed by atoms with Crippen molar-refractivity contribution in [2.24, 2.45) is 5.92 Å². The fourth-order valence-corrected chi connectivity index (χ4v) is 2.97. The van der Waals surface area contributed by atoms with E-state index in [0.29, 0.717) is 12.1 Å². The van der Waals surface area contributed by atoms with E-state index in [2.05, 4.69) is 31.2 Å². The minimum absolute atomic E-state index is 0.0773. The van der Waals surface area contributed by atoms with Crippen LogP contribution in [0.4, 0.5) is 0 Å². The summed E-state index contributed by atoms with van der Waals surface area (Å²) in [5, 5.41) is 9.12. The third-order valence-corrected chi connectivity index (χ3v) is 4.53. The maximum atomic E-state index is 12.5. The molecule has 0 spiro atoms. The molecule has 1 N–H and O–H groups in total. The predicted molar refractivity (Wildman–Crippen MR) is 104 cm³/mol. The van der Waals surface area contributed by atoms with Crippen LogP contribution in [0.5, 0.6) is 0 Å². The number of ketones is 2. The zero-order valence-electron chi connectivity index (χ0n) is 15.7. The highest BCUT2D eigenvalue weighted by molar-refractivity contribution is 5.99. The van der Waals surface area contributed by atoms with Crippen LogP contribution in [0.2, 0.25) is 0 Å². The number of hydrogen-bond acceptors (Lipinski definition) is 4. The van der Waals surface area contributed by atoms with Gasteiger partial charge in [-0.05, 0) is 37.2 Å². The molecule has 0 aliphatic heterocycles. The lowest BCUT2D eigenvalue weighted by atomic mass is 9.93. The van der Waals surface area contributed by atoms with Crippen LogP contribution in [0.1, 0.15) is 29.3 Å². The molecular weight excluding hydrogens is 326 g/mol. The van der Waals surface area contributed by atoms with Gasteiger partial charge in [-0.25, -0.2) is 0 Å². The molecule has 0 aromatic heterocycles. The third-order valence-electron chi connectivity index (χ3n) is 4.53. The van der Waals surface area contributed by atoms with Crippen LogP contribution in [0.25, 0.3) is 11.1 Å². The number of benzene rings is 2. The standard InChI is InChI=1S/C22H27NO3/c1-4-16-5-7-17(8-6-16)18-9-11-19(12-10-18)21(25)13-20(14-23(2)3)22(26)15-24/h5-12,20,24H,4,13-15H2,1-3H3/t20-/m0/s1. The van der Waals surface area contributed by atoms with Gasteiger partial charge < -0.3 is 10.0 Å². The molecule has 4 nitrogen and oxygen atoms in total. The minimum Gasteiger partial charge on any atom is -0.389 e. The Morgan fingerprint density at radius 3 is 1.96 bits per heavy atom. The fourth-order valence-electron chi connectivity index (χ4n) is 2.97. The molecule has 0 unspecified atom stereocenters. The predicted octanol–water partition coefficient (Wildman–Crippen LogP) is 3.23. The lowest BCUT2D eigenvalue weighted by Crippen LogP contribution is -2.31. The smallest absolute Gasteiger partial charge is 0.163 e. The van der Waals surface area contributed by atoms with E-state index in [1.165, 1.54) is 5.56 Å². The molecule has 26 heavy (non-hydrogen) atoms. The average Bonchev–Trinajstić information content (AvgIpc) is 2.66. The van der Waals surface area contributed by atoms with Crippen LogP contribution in [0.3, 0.4) is 0 Å². The highest BCUT2D eigenvalue weighted by atomic mass is 16.3. The van der Waals surface area contributed by atoms with Gasteiger partial charge in [-0.15, -0.1) is 0 Å². The molecule has 2 rings (SSSR count). The first kappa shape index (κ1) is 20.0. The first-order valence-corrected chi connectivity index (χ1v) is 8.95. The average molecular weight is 353 g/mol. The van der Waals surface area contributed by atoms with Crippen LogP contribution >= 0.6 is 0 Å². The fraction of sp³-hybridized carbons (Fsp3) is 0.364. The molecule has 2 aromatic rings. The molecule has 4 heteroatoms. The van der Waals surface area contributed by atoms with Crippen molar-refractivity contribution in [1.29, 1.82) is 0 Å². The summed E-state index contributed by atoms with van der Waals surface area (Å²) in [5.74, 6) is -0.852. The summed E-state index contributed by atoms with van der Waals surface area (Å²) in [6.45, 7) is 2.05. The molecule has 138 valence electrons. The maximum absolute atomic E-state index is 12.5. The van der Waals surface area contributed by atoms with Gasteiger partial charge in [0.1, 0.15) is 6.61 Å². The number of hydrogen-bond donors (Lipinski definition) is 1. The van der Waals surface area contributed by atoms with Crippen LogP contribution < -0.4 is 0 Å². The minimum atomic E-state index is -0.529. The van der Waals surface area contributed by atoms with Gasteiger partial charge in [0.25, 0.3) is 0 Å².